The molecule has 2 aromatic heterocycles. The minimum absolute atomic E-state index is 0.570. The summed E-state index contributed by atoms with van der Waals surface area (Å²) in [5.41, 5.74) is 10.7. The highest BCUT2D eigenvalue weighted by molar-refractivity contribution is 6.12. The lowest BCUT2D eigenvalue weighted by Crippen LogP contribution is -2.30. The number of benzene rings is 4. The minimum Gasteiger partial charge on any atom is -0.454 e. The van der Waals surface area contributed by atoms with Crippen molar-refractivity contribution >= 4 is 21.9 Å². The average molecular weight is 466 g/mol. The summed E-state index contributed by atoms with van der Waals surface area (Å²) in [7, 11) is 2.04. The van der Waals surface area contributed by atoms with Crippen molar-refractivity contribution in [1.29, 1.82) is 5.26 Å². The molecule has 0 bridgehead atoms. The highest BCUT2D eigenvalue weighted by atomic mass is 16.3. The van der Waals surface area contributed by atoms with Crippen molar-refractivity contribution in [3.8, 4) is 39.6 Å². The normalized spacial score (nSPS) is 11.2. The van der Waals surface area contributed by atoms with E-state index in [2.05, 4.69) is 85.1 Å². The van der Waals surface area contributed by atoms with Crippen LogP contribution in [0.2, 0.25) is 0 Å². The van der Waals surface area contributed by atoms with Crippen LogP contribution in [0.3, 0.4) is 0 Å². The van der Waals surface area contributed by atoms with E-state index in [1.54, 1.807) is 0 Å². The standard InChI is InChI=1S/C33H25N2O/c1-21-12-14-28-27-17-16-26(25-15-13-24(19-22(25)2)23-9-5-4-6-10-23)29(20-34)32(27)36-33(28)31(21)30-11-7-8-18-35(30)3/h4-19H,1-3H3/q+1. The molecule has 0 aliphatic heterocycles. The Labute approximate surface area is 210 Å². The summed E-state index contributed by atoms with van der Waals surface area (Å²) >= 11 is 0. The van der Waals surface area contributed by atoms with Crippen molar-refractivity contribution < 1.29 is 8.98 Å². The number of hydrogen-bond acceptors (Lipinski definition) is 2. The third-order valence-corrected chi connectivity index (χ3v) is 7.06. The van der Waals surface area contributed by atoms with Crippen LogP contribution in [0.1, 0.15) is 16.7 Å². The Bertz CT molecular complexity index is 1820. The van der Waals surface area contributed by atoms with Crippen molar-refractivity contribution in [3.63, 3.8) is 0 Å². The van der Waals surface area contributed by atoms with E-state index < -0.39 is 0 Å². The van der Waals surface area contributed by atoms with Crippen LogP contribution in [0.4, 0.5) is 0 Å². The molecule has 0 atom stereocenters. The predicted molar refractivity (Wildman–Crippen MR) is 145 cm³/mol. The van der Waals surface area contributed by atoms with Crippen molar-refractivity contribution in [2.24, 2.45) is 7.05 Å². The van der Waals surface area contributed by atoms with E-state index in [1.807, 2.05) is 43.6 Å². The third kappa shape index (κ3) is 3.39. The van der Waals surface area contributed by atoms with Gasteiger partial charge in [0.1, 0.15) is 24.3 Å². The molecular weight excluding hydrogens is 440 g/mol. The van der Waals surface area contributed by atoms with Crippen molar-refractivity contribution in [3.05, 3.63) is 114 Å². The zero-order valence-electron chi connectivity index (χ0n) is 20.5. The Hall–Kier alpha value is -4.68. The number of fused-ring (bicyclic) bond motifs is 3. The van der Waals surface area contributed by atoms with E-state index in [9.17, 15) is 5.26 Å². The first kappa shape index (κ1) is 21.8. The molecule has 4 aromatic carbocycles. The summed E-state index contributed by atoms with van der Waals surface area (Å²) in [5.74, 6) is 0. The number of aryl methyl sites for hydroxylation is 3. The van der Waals surface area contributed by atoms with Crippen LogP contribution in [0.5, 0.6) is 0 Å². The van der Waals surface area contributed by atoms with E-state index in [0.29, 0.717) is 11.1 Å². The van der Waals surface area contributed by atoms with Crippen LogP contribution >= 0.6 is 0 Å². The van der Waals surface area contributed by atoms with Gasteiger partial charge in [-0.15, -0.1) is 0 Å². The molecule has 0 unspecified atom stereocenters. The Balaban J connectivity index is 1.58. The van der Waals surface area contributed by atoms with Crippen molar-refractivity contribution in [2.75, 3.05) is 0 Å². The highest BCUT2D eigenvalue weighted by Crippen LogP contribution is 2.41. The molecule has 6 aromatic rings. The van der Waals surface area contributed by atoms with Gasteiger partial charge in [-0.1, -0.05) is 66.7 Å². The molecule has 0 radical (unpaired) electrons. The van der Waals surface area contributed by atoms with Gasteiger partial charge in [0.05, 0.1) is 5.56 Å². The lowest BCUT2D eigenvalue weighted by molar-refractivity contribution is -0.660. The number of aromatic nitrogens is 1. The Morgan fingerprint density at radius 2 is 1.42 bits per heavy atom. The van der Waals surface area contributed by atoms with Crippen LogP contribution in [-0.4, -0.2) is 0 Å². The maximum Gasteiger partial charge on any atom is 0.216 e. The minimum atomic E-state index is 0.570. The summed E-state index contributed by atoms with van der Waals surface area (Å²) < 4.78 is 8.66. The first-order valence-corrected chi connectivity index (χ1v) is 12.1. The van der Waals surface area contributed by atoms with Gasteiger partial charge in [0.25, 0.3) is 0 Å². The van der Waals surface area contributed by atoms with Crippen LogP contribution in [0, 0.1) is 25.2 Å². The third-order valence-electron chi connectivity index (χ3n) is 7.06. The first-order valence-electron chi connectivity index (χ1n) is 12.1. The molecule has 0 aliphatic carbocycles. The first-order chi connectivity index (χ1) is 17.6. The Morgan fingerprint density at radius 3 is 2.17 bits per heavy atom. The number of furan rings is 1. The van der Waals surface area contributed by atoms with Crippen LogP contribution < -0.4 is 4.57 Å². The Kier molecular flexibility index (Phi) is 5.16. The summed E-state index contributed by atoms with van der Waals surface area (Å²) in [6, 6.07) is 33.8. The van der Waals surface area contributed by atoms with Crippen LogP contribution in [-0.2, 0) is 7.05 Å². The molecule has 0 aliphatic rings. The van der Waals surface area contributed by atoms with Gasteiger partial charge in [0.15, 0.2) is 11.8 Å². The lowest BCUT2D eigenvalue weighted by Gasteiger charge is -2.11. The summed E-state index contributed by atoms with van der Waals surface area (Å²) in [6.07, 6.45) is 2.04. The molecule has 0 saturated heterocycles. The molecule has 0 fully saturated rings. The van der Waals surface area contributed by atoms with Gasteiger partial charge in [-0.05, 0) is 53.8 Å². The molecule has 0 saturated carbocycles. The monoisotopic (exact) mass is 465 g/mol. The second-order valence-electron chi connectivity index (χ2n) is 9.31. The molecule has 0 amide bonds. The molecule has 36 heavy (non-hydrogen) atoms. The number of pyridine rings is 1. The van der Waals surface area contributed by atoms with E-state index in [-0.39, 0.29) is 0 Å². The van der Waals surface area contributed by atoms with Gasteiger partial charge < -0.3 is 4.42 Å². The lowest BCUT2D eigenvalue weighted by atomic mass is 9.92. The van der Waals surface area contributed by atoms with Crippen molar-refractivity contribution in [2.45, 2.75) is 13.8 Å². The summed E-state index contributed by atoms with van der Waals surface area (Å²) in [5, 5.41) is 12.3. The van der Waals surface area contributed by atoms with E-state index in [1.165, 1.54) is 5.56 Å². The number of hydrogen-bond donors (Lipinski definition) is 0. The second-order valence-corrected chi connectivity index (χ2v) is 9.31. The zero-order valence-corrected chi connectivity index (χ0v) is 20.5. The van der Waals surface area contributed by atoms with E-state index in [0.717, 1.165) is 55.4 Å². The maximum absolute atomic E-state index is 10.3. The van der Waals surface area contributed by atoms with Crippen molar-refractivity contribution in [1.82, 2.24) is 0 Å². The van der Waals surface area contributed by atoms with E-state index >= 15 is 0 Å². The second kappa shape index (κ2) is 8.52. The van der Waals surface area contributed by atoms with Crippen LogP contribution in [0.15, 0.2) is 102 Å². The molecule has 172 valence electrons. The molecule has 3 heteroatoms. The molecule has 6 rings (SSSR count). The molecule has 2 heterocycles. The van der Waals surface area contributed by atoms with Crippen LogP contribution in [0.25, 0.3) is 55.4 Å². The fourth-order valence-electron chi connectivity index (χ4n) is 5.21. The number of nitriles is 1. The van der Waals surface area contributed by atoms with Gasteiger partial charge in [-0.3, -0.25) is 0 Å². The molecule has 3 nitrogen and oxygen atoms in total. The fourth-order valence-corrected chi connectivity index (χ4v) is 5.21. The molecule has 0 spiro atoms. The van der Waals surface area contributed by atoms with E-state index in [4.69, 9.17) is 4.42 Å². The SMILES string of the molecule is Cc1cc(-c2ccccc2)ccc1-c1ccc2c(oc3c(-c4cccc[n+]4C)c(C)ccc32)c1C#N. The smallest absolute Gasteiger partial charge is 0.216 e. The fraction of sp³-hybridized carbons (Fsp3) is 0.0909. The topological polar surface area (TPSA) is 40.8 Å². The predicted octanol–water partition coefficient (Wildman–Crippen LogP) is 7.90. The van der Waals surface area contributed by atoms with Gasteiger partial charge in [0, 0.05) is 28.5 Å². The highest BCUT2D eigenvalue weighted by Gasteiger charge is 2.23. The molecular formula is C33H25N2O+. The molecule has 0 N–H and O–H groups in total. The number of nitrogens with zero attached hydrogens (tertiary/aromatic N) is 2. The quantitative estimate of drug-likeness (QED) is 0.249. The van der Waals surface area contributed by atoms with Gasteiger partial charge >= 0.3 is 0 Å². The largest absolute Gasteiger partial charge is 0.454 e. The van der Waals surface area contributed by atoms with Gasteiger partial charge in [-0.2, -0.15) is 5.26 Å². The summed E-state index contributed by atoms with van der Waals surface area (Å²) in [6.45, 7) is 4.20. The zero-order chi connectivity index (χ0) is 24.8. The summed E-state index contributed by atoms with van der Waals surface area (Å²) in [4.78, 5) is 0. The maximum atomic E-state index is 10.3. The Morgan fingerprint density at radius 1 is 0.694 bits per heavy atom. The average Bonchev–Trinajstić information content (AvgIpc) is 3.28. The number of rotatable bonds is 3. The van der Waals surface area contributed by atoms with Gasteiger partial charge in [-0.25, -0.2) is 4.57 Å². The van der Waals surface area contributed by atoms with Gasteiger partial charge in [0.2, 0.25) is 5.69 Å².